The van der Waals surface area contributed by atoms with Gasteiger partial charge in [0, 0.05) is 11.6 Å². The Morgan fingerprint density at radius 1 is 1.14 bits per heavy atom. The maximum Gasteiger partial charge on any atom is 0.363 e. The van der Waals surface area contributed by atoms with E-state index in [9.17, 15) is 4.79 Å². The molecule has 5 rings (SSSR count). The molecule has 0 aliphatic carbocycles. The van der Waals surface area contributed by atoms with Crippen molar-refractivity contribution in [1.82, 2.24) is 15.3 Å². The van der Waals surface area contributed by atoms with E-state index in [1.165, 1.54) is 0 Å². The third-order valence-corrected chi connectivity index (χ3v) is 5.29. The van der Waals surface area contributed by atoms with Crippen LogP contribution in [0.2, 0.25) is 0 Å². The van der Waals surface area contributed by atoms with E-state index < -0.39 is 0 Å². The summed E-state index contributed by atoms with van der Waals surface area (Å²) < 4.78 is 7.48. The van der Waals surface area contributed by atoms with Crippen LogP contribution in [-0.4, -0.2) is 42.2 Å². The summed E-state index contributed by atoms with van der Waals surface area (Å²) in [6.45, 7) is 3.31. The second kappa shape index (κ2) is 7.52. The van der Waals surface area contributed by atoms with Gasteiger partial charge in [0.25, 0.3) is 5.91 Å². The van der Waals surface area contributed by atoms with Crippen LogP contribution in [0.1, 0.15) is 16.2 Å². The first kappa shape index (κ1) is 17.6. The average molecular weight is 388 g/mol. The molecule has 7 heteroatoms. The zero-order valence-electron chi connectivity index (χ0n) is 16.0. The lowest BCUT2D eigenvalue weighted by molar-refractivity contribution is -0.497. The lowest BCUT2D eigenvalue weighted by atomic mass is 10.1. The molecule has 0 spiro atoms. The van der Waals surface area contributed by atoms with Gasteiger partial charge in [-0.1, -0.05) is 30.3 Å². The fourth-order valence-electron chi connectivity index (χ4n) is 3.82. The minimum absolute atomic E-state index is 0.150. The molecule has 0 atom stereocenters. The van der Waals surface area contributed by atoms with Gasteiger partial charge in [-0.15, -0.1) is 0 Å². The van der Waals surface area contributed by atoms with E-state index in [-0.39, 0.29) is 5.91 Å². The van der Waals surface area contributed by atoms with E-state index in [2.05, 4.69) is 20.2 Å². The number of benzene rings is 1. The van der Waals surface area contributed by atoms with E-state index in [1.54, 1.807) is 6.20 Å². The molecule has 29 heavy (non-hydrogen) atoms. The lowest BCUT2D eigenvalue weighted by Crippen LogP contribution is -2.41. The minimum Gasteiger partial charge on any atom is -0.375 e. The molecule has 1 aliphatic heterocycles. The van der Waals surface area contributed by atoms with Crippen LogP contribution in [0.5, 0.6) is 0 Å². The van der Waals surface area contributed by atoms with Gasteiger partial charge in [-0.3, -0.25) is 14.7 Å². The number of morpholine rings is 1. The van der Waals surface area contributed by atoms with Gasteiger partial charge in [0.1, 0.15) is 0 Å². The summed E-state index contributed by atoms with van der Waals surface area (Å²) in [7, 11) is 0. The molecule has 1 saturated heterocycles. The van der Waals surface area contributed by atoms with Gasteiger partial charge >= 0.3 is 5.95 Å². The van der Waals surface area contributed by atoms with Gasteiger partial charge in [-0.2, -0.15) is 0 Å². The van der Waals surface area contributed by atoms with Crippen molar-refractivity contribution in [3.05, 3.63) is 72.3 Å². The number of H-pyrrole nitrogens is 1. The maximum absolute atomic E-state index is 13.0. The van der Waals surface area contributed by atoms with Crippen molar-refractivity contribution < 1.29 is 13.9 Å². The van der Waals surface area contributed by atoms with Crippen molar-refractivity contribution >= 4 is 28.1 Å². The molecule has 1 aliphatic rings. The molecule has 3 aromatic heterocycles. The Morgan fingerprint density at radius 3 is 2.86 bits per heavy atom. The van der Waals surface area contributed by atoms with Crippen molar-refractivity contribution in [2.24, 2.45) is 0 Å². The first-order valence-corrected chi connectivity index (χ1v) is 9.77. The highest BCUT2D eigenvalue weighted by Gasteiger charge is 2.28. The Balaban J connectivity index is 1.43. The third kappa shape index (κ3) is 3.30. The summed E-state index contributed by atoms with van der Waals surface area (Å²) in [5.41, 5.74) is 2.25. The summed E-state index contributed by atoms with van der Waals surface area (Å²) in [5, 5.41) is 5.19. The van der Waals surface area contributed by atoms with Gasteiger partial charge in [-0.05, 0) is 23.6 Å². The molecule has 0 bridgehead atoms. The largest absolute Gasteiger partial charge is 0.375 e. The Kier molecular flexibility index (Phi) is 4.57. The Hall–Kier alpha value is -3.45. The molecule has 0 radical (unpaired) electrons. The van der Waals surface area contributed by atoms with Gasteiger partial charge in [0.15, 0.2) is 5.52 Å². The van der Waals surface area contributed by atoms with Crippen LogP contribution in [0.3, 0.4) is 0 Å². The number of imidazole rings is 1. The van der Waals surface area contributed by atoms with Crippen molar-refractivity contribution in [2.45, 2.75) is 6.54 Å². The number of amides is 1. The number of aromatic amines is 1. The molecule has 1 amide bonds. The zero-order chi connectivity index (χ0) is 19.6. The summed E-state index contributed by atoms with van der Waals surface area (Å²) in [5.74, 6) is 0.750. The van der Waals surface area contributed by atoms with Crippen LogP contribution < -0.4 is 14.6 Å². The molecule has 0 saturated carbocycles. The lowest BCUT2D eigenvalue weighted by Gasteiger charge is -2.21. The Bertz CT molecular complexity index is 1170. The summed E-state index contributed by atoms with van der Waals surface area (Å²) in [6, 6.07) is 15.9. The molecule has 2 N–H and O–H groups in total. The number of rotatable bonds is 4. The predicted molar refractivity (Wildman–Crippen MR) is 110 cm³/mol. The molecule has 4 aromatic rings. The fraction of sp³-hybridized carbons (Fsp3) is 0.227. The number of aromatic nitrogens is 3. The van der Waals surface area contributed by atoms with Crippen molar-refractivity contribution in [3.63, 3.8) is 0 Å². The van der Waals surface area contributed by atoms with E-state index in [0.29, 0.717) is 25.5 Å². The number of anilines is 1. The van der Waals surface area contributed by atoms with E-state index in [0.717, 1.165) is 41.0 Å². The maximum atomic E-state index is 13.0. The monoisotopic (exact) mass is 388 g/mol. The minimum atomic E-state index is -0.150. The average Bonchev–Trinajstić information content (AvgIpc) is 3.18. The third-order valence-electron chi connectivity index (χ3n) is 5.29. The van der Waals surface area contributed by atoms with E-state index in [4.69, 9.17) is 4.74 Å². The van der Waals surface area contributed by atoms with Gasteiger partial charge < -0.3 is 10.1 Å². The Morgan fingerprint density at radius 2 is 1.97 bits per heavy atom. The van der Waals surface area contributed by atoms with Crippen LogP contribution in [-0.2, 0) is 11.3 Å². The molecule has 146 valence electrons. The van der Waals surface area contributed by atoms with Crippen LogP contribution >= 0.6 is 0 Å². The van der Waals surface area contributed by atoms with Gasteiger partial charge in [0.2, 0.25) is 5.69 Å². The fourth-order valence-corrected chi connectivity index (χ4v) is 3.82. The number of carbonyl (C=O) groups excluding carboxylic acids is 1. The molecule has 1 fully saturated rings. The number of nitrogens with one attached hydrogen (secondary N) is 2. The molecule has 4 heterocycles. The quantitative estimate of drug-likeness (QED) is 0.525. The number of hydrogen-bond acceptors (Lipinski definition) is 4. The topological polar surface area (TPSA) is 74.3 Å². The zero-order valence-corrected chi connectivity index (χ0v) is 16.0. The van der Waals surface area contributed by atoms with Gasteiger partial charge in [0.05, 0.1) is 44.7 Å². The number of fused-ring (bicyclic) bond motifs is 2. The molecular formula is C22H22N5O2+. The number of nitrogens with zero attached hydrogens (tertiary/aromatic N) is 3. The standard InChI is InChI=1S/C22H21N5O2/c28-21(24-15-18-17-6-2-1-5-16(17)8-9-23-18)20-19-7-3-4-10-27(19)22(25-20)26-11-13-29-14-12-26/h1-10H,11-15H2,(H,24,28)/p+1. The van der Waals surface area contributed by atoms with Crippen molar-refractivity contribution in [1.29, 1.82) is 0 Å². The number of carbonyl (C=O) groups is 1. The Labute approximate surface area is 167 Å². The van der Waals surface area contributed by atoms with Crippen LogP contribution in [0, 0.1) is 0 Å². The number of hydrogen-bond donors (Lipinski definition) is 2. The highest BCUT2D eigenvalue weighted by atomic mass is 16.5. The van der Waals surface area contributed by atoms with E-state index >= 15 is 0 Å². The molecular weight excluding hydrogens is 366 g/mol. The SMILES string of the molecule is O=C(NCc1nccc2ccccc12)c1[nH]c(N2CCOCC2)[n+]2ccccc12. The van der Waals surface area contributed by atoms with Crippen LogP contribution in [0.25, 0.3) is 16.3 Å². The highest BCUT2D eigenvalue weighted by Crippen LogP contribution is 2.17. The highest BCUT2D eigenvalue weighted by molar-refractivity contribution is 5.98. The second-order valence-electron chi connectivity index (χ2n) is 7.04. The first-order chi connectivity index (χ1) is 14.3. The second-order valence-corrected chi connectivity index (χ2v) is 7.04. The smallest absolute Gasteiger partial charge is 0.363 e. The van der Waals surface area contributed by atoms with Gasteiger partial charge in [-0.25, -0.2) is 9.38 Å². The molecule has 0 unspecified atom stereocenters. The summed E-state index contributed by atoms with van der Waals surface area (Å²) >= 11 is 0. The number of ether oxygens (including phenoxy) is 1. The number of pyridine rings is 2. The molecule has 1 aromatic carbocycles. The first-order valence-electron chi connectivity index (χ1n) is 9.77. The summed E-state index contributed by atoms with van der Waals surface area (Å²) in [6.07, 6.45) is 3.75. The van der Waals surface area contributed by atoms with Crippen molar-refractivity contribution in [3.8, 4) is 0 Å². The molecule has 7 nitrogen and oxygen atoms in total. The predicted octanol–water partition coefficient (Wildman–Crippen LogP) is 2.07. The summed E-state index contributed by atoms with van der Waals surface area (Å²) in [4.78, 5) is 23.0. The van der Waals surface area contributed by atoms with Crippen LogP contribution in [0.4, 0.5) is 5.95 Å². The van der Waals surface area contributed by atoms with E-state index in [1.807, 2.05) is 59.1 Å². The van der Waals surface area contributed by atoms with Crippen molar-refractivity contribution in [2.75, 3.05) is 31.2 Å². The normalized spacial score (nSPS) is 14.4. The van der Waals surface area contributed by atoms with Crippen LogP contribution in [0.15, 0.2) is 60.9 Å².